The topological polar surface area (TPSA) is 59.1 Å². The second kappa shape index (κ2) is 12.5. The summed E-state index contributed by atoms with van der Waals surface area (Å²) >= 11 is 0. The molecule has 1 N–H and O–H groups in total. The van der Waals surface area contributed by atoms with E-state index in [4.69, 9.17) is 4.74 Å². The number of hydrogen-bond donors (Lipinski definition) is 1. The molecule has 134 valence electrons. The van der Waals surface area contributed by atoms with Crippen LogP contribution in [0.1, 0.15) is 77.6 Å². The van der Waals surface area contributed by atoms with Gasteiger partial charge in [-0.15, -0.1) is 0 Å². The maximum atomic E-state index is 10.9. The van der Waals surface area contributed by atoms with Crippen LogP contribution in [0.3, 0.4) is 0 Å². The maximum Gasteiger partial charge on any atom is 0.305 e. The Labute approximate surface area is 141 Å². The monoisotopic (exact) mass is 326 g/mol. The van der Waals surface area contributed by atoms with Crippen LogP contribution in [0.15, 0.2) is 12.2 Å². The van der Waals surface area contributed by atoms with Crippen LogP contribution in [0.2, 0.25) is 0 Å². The SMILES string of the molecule is CC/C=C/C[C@H]1O[C@@H]1CC[C@@H](O)CCCCCCCC(=O)OC. The van der Waals surface area contributed by atoms with E-state index in [1.165, 1.54) is 7.11 Å². The number of allylic oxidation sites excluding steroid dienone is 1. The van der Waals surface area contributed by atoms with E-state index in [-0.39, 0.29) is 12.1 Å². The number of carbonyl (C=O) groups is 1. The Kier molecular flexibility index (Phi) is 11.0. The Morgan fingerprint density at radius 1 is 1.13 bits per heavy atom. The van der Waals surface area contributed by atoms with Gasteiger partial charge in [0.05, 0.1) is 25.4 Å². The molecule has 1 aliphatic rings. The number of carbonyl (C=O) groups excluding carboxylic acids is 1. The summed E-state index contributed by atoms with van der Waals surface area (Å²) in [5, 5.41) is 10.0. The van der Waals surface area contributed by atoms with E-state index in [0.29, 0.717) is 18.6 Å². The average Bonchev–Trinajstić information content (AvgIpc) is 3.30. The highest BCUT2D eigenvalue weighted by molar-refractivity contribution is 5.68. The third-order valence-corrected chi connectivity index (χ3v) is 4.39. The predicted molar refractivity (Wildman–Crippen MR) is 92.3 cm³/mol. The molecule has 4 heteroatoms. The van der Waals surface area contributed by atoms with Gasteiger partial charge in [0.15, 0.2) is 0 Å². The Hall–Kier alpha value is -0.870. The molecule has 0 aromatic rings. The first-order valence-corrected chi connectivity index (χ1v) is 9.22. The molecule has 3 atom stereocenters. The van der Waals surface area contributed by atoms with E-state index < -0.39 is 0 Å². The van der Waals surface area contributed by atoms with Gasteiger partial charge in [-0.3, -0.25) is 4.79 Å². The Balaban J connectivity index is 1.87. The molecule has 0 unspecified atom stereocenters. The van der Waals surface area contributed by atoms with Gasteiger partial charge in [-0.2, -0.15) is 0 Å². The van der Waals surface area contributed by atoms with E-state index in [2.05, 4.69) is 23.8 Å². The summed E-state index contributed by atoms with van der Waals surface area (Å²) in [5.41, 5.74) is 0. The van der Waals surface area contributed by atoms with Crippen LogP contribution in [-0.2, 0) is 14.3 Å². The number of rotatable bonds is 14. The van der Waals surface area contributed by atoms with E-state index in [9.17, 15) is 9.90 Å². The van der Waals surface area contributed by atoms with Crippen molar-refractivity contribution in [3.63, 3.8) is 0 Å². The third kappa shape index (κ3) is 10.5. The summed E-state index contributed by atoms with van der Waals surface area (Å²) < 4.78 is 10.2. The third-order valence-electron chi connectivity index (χ3n) is 4.39. The zero-order valence-corrected chi connectivity index (χ0v) is 14.8. The minimum absolute atomic E-state index is 0.119. The number of epoxide rings is 1. The summed E-state index contributed by atoms with van der Waals surface area (Å²) in [5.74, 6) is -0.119. The van der Waals surface area contributed by atoms with Crippen molar-refractivity contribution in [3.05, 3.63) is 12.2 Å². The van der Waals surface area contributed by atoms with Crippen molar-refractivity contribution in [1.82, 2.24) is 0 Å². The molecular formula is C19H34O4. The molecule has 23 heavy (non-hydrogen) atoms. The summed E-state index contributed by atoms with van der Waals surface area (Å²) in [7, 11) is 1.43. The smallest absolute Gasteiger partial charge is 0.305 e. The van der Waals surface area contributed by atoms with Gasteiger partial charge >= 0.3 is 5.97 Å². The van der Waals surface area contributed by atoms with Gasteiger partial charge < -0.3 is 14.6 Å². The first kappa shape index (κ1) is 20.2. The fourth-order valence-corrected chi connectivity index (χ4v) is 2.82. The molecule has 0 spiro atoms. The predicted octanol–water partition coefficient (Wildman–Crippen LogP) is 4.15. The van der Waals surface area contributed by atoms with E-state index >= 15 is 0 Å². The summed E-state index contributed by atoms with van der Waals surface area (Å²) in [6.07, 6.45) is 15.5. The number of aliphatic hydroxyl groups is 1. The van der Waals surface area contributed by atoms with Crippen molar-refractivity contribution in [2.24, 2.45) is 0 Å². The molecule has 0 aromatic heterocycles. The highest BCUT2D eigenvalue weighted by Crippen LogP contribution is 2.30. The highest BCUT2D eigenvalue weighted by Gasteiger charge is 2.37. The number of hydrogen-bond acceptors (Lipinski definition) is 4. The van der Waals surface area contributed by atoms with Crippen LogP contribution in [0.25, 0.3) is 0 Å². The van der Waals surface area contributed by atoms with Crippen molar-refractivity contribution < 1.29 is 19.4 Å². The van der Waals surface area contributed by atoms with Crippen LogP contribution >= 0.6 is 0 Å². The summed E-state index contributed by atoms with van der Waals surface area (Å²) in [6, 6.07) is 0. The van der Waals surface area contributed by atoms with Crippen LogP contribution in [0, 0.1) is 0 Å². The van der Waals surface area contributed by atoms with Gasteiger partial charge in [0.25, 0.3) is 0 Å². The van der Waals surface area contributed by atoms with Gasteiger partial charge in [-0.25, -0.2) is 0 Å². The normalized spacial score (nSPS) is 21.5. The molecule has 0 bridgehead atoms. The second-order valence-electron chi connectivity index (χ2n) is 6.44. The molecule has 1 rings (SSSR count). The van der Waals surface area contributed by atoms with Crippen LogP contribution in [-0.4, -0.2) is 36.5 Å². The van der Waals surface area contributed by atoms with Crippen molar-refractivity contribution in [2.45, 2.75) is 95.9 Å². The quantitative estimate of drug-likeness (QED) is 0.225. The van der Waals surface area contributed by atoms with Crippen molar-refractivity contribution in [2.75, 3.05) is 7.11 Å². The highest BCUT2D eigenvalue weighted by atomic mass is 16.6. The number of aliphatic hydroxyl groups excluding tert-OH is 1. The second-order valence-corrected chi connectivity index (χ2v) is 6.44. The molecule has 0 saturated carbocycles. The standard InChI is InChI=1S/C19H34O4/c1-3-4-8-12-17-18(23-17)15-14-16(20)11-9-6-5-7-10-13-19(21)22-2/h4,8,16-18,20H,3,5-7,9-15H2,1-2H3/b8-4+/t16-,17+,18+/m0/s1. The molecule has 1 aliphatic heterocycles. The minimum Gasteiger partial charge on any atom is -0.469 e. The number of esters is 1. The number of ether oxygens (including phenoxy) is 2. The van der Waals surface area contributed by atoms with E-state index in [1.807, 2.05) is 0 Å². The molecule has 1 fully saturated rings. The van der Waals surface area contributed by atoms with Crippen LogP contribution in [0.4, 0.5) is 0 Å². The average molecular weight is 326 g/mol. The Morgan fingerprint density at radius 2 is 1.87 bits per heavy atom. The Morgan fingerprint density at radius 3 is 2.61 bits per heavy atom. The van der Waals surface area contributed by atoms with Crippen LogP contribution < -0.4 is 0 Å². The first-order chi connectivity index (χ1) is 11.2. The van der Waals surface area contributed by atoms with Gasteiger partial charge in [-0.05, 0) is 38.5 Å². The molecule has 1 saturated heterocycles. The number of methoxy groups -OCH3 is 1. The van der Waals surface area contributed by atoms with Gasteiger partial charge in [-0.1, -0.05) is 44.8 Å². The van der Waals surface area contributed by atoms with Crippen molar-refractivity contribution in [3.8, 4) is 0 Å². The fourth-order valence-electron chi connectivity index (χ4n) is 2.82. The lowest BCUT2D eigenvalue weighted by molar-refractivity contribution is -0.140. The molecule has 0 amide bonds. The zero-order valence-electron chi connectivity index (χ0n) is 14.8. The summed E-state index contributed by atoms with van der Waals surface area (Å²) in [6.45, 7) is 2.14. The lowest BCUT2D eigenvalue weighted by Crippen LogP contribution is -2.08. The first-order valence-electron chi connectivity index (χ1n) is 9.22. The lowest BCUT2D eigenvalue weighted by Gasteiger charge is -2.09. The molecule has 1 heterocycles. The van der Waals surface area contributed by atoms with Crippen LogP contribution in [0.5, 0.6) is 0 Å². The molecule has 4 nitrogen and oxygen atoms in total. The van der Waals surface area contributed by atoms with Crippen molar-refractivity contribution >= 4 is 5.97 Å². The molecule has 0 aromatic carbocycles. The molecule has 0 radical (unpaired) electrons. The maximum absolute atomic E-state index is 10.9. The Bertz CT molecular complexity index is 340. The minimum atomic E-state index is -0.193. The van der Waals surface area contributed by atoms with E-state index in [1.54, 1.807) is 0 Å². The fraction of sp³-hybridized carbons (Fsp3) is 0.842. The van der Waals surface area contributed by atoms with Gasteiger partial charge in [0.1, 0.15) is 0 Å². The number of unbranched alkanes of at least 4 members (excludes halogenated alkanes) is 4. The zero-order chi connectivity index (χ0) is 16.9. The van der Waals surface area contributed by atoms with E-state index in [0.717, 1.165) is 64.2 Å². The molecule has 0 aliphatic carbocycles. The summed E-state index contributed by atoms with van der Waals surface area (Å²) in [4.78, 5) is 10.9. The van der Waals surface area contributed by atoms with Gasteiger partial charge in [0, 0.05) is 6.42 Å². The molecular weight excluding hydrogens is 292 g/mol. The lowest BCUT2D eigenvalue weighted by atomic mass is 10.0. The largest absolute Gasteiger partial charge is 0.469 e. The van der Waals surface area contributed by atoms with Crippen molar-refractivity contribution in [1.29, 1.82) is 0 Å². The van der Waals surface area contributed by atoms with Gasteiger partial charge in [0.2, 0.25) is 0 Å².